The number of fused-ring (bicyclic) bond motifs is 1. The lowest BCUT2D eigenvalue weighted by molar-refractivity contribution is 0.102. The molecule has 0 atom stereocenters. The quantitative estimate of drug-likeness (QED) is 0.721. The first-order valence-corrected chi connectivity index (χ1v) is 5.16. The standard InChI is InChI=1S/C13H8N2O2/c16-12-9-4-1-5-10(11(9)12)15-13(17)8-3-2-6-14-7-8/h1-7H,(H,15,17). The number of benzene rings is 1. The van der Waals surface area contributed by atoms with Crippen LogP contribution in [0.1, 0.15) is 10.4 Å². The van der Waals surface area contributed by atoms with Gasteiger partial charge in [-0.15, -0.1) is 0 Å². The summed E-state index contributed by atoms with van der Waals surface area (Å²) in [5.41, 5.74) is 1.05. The number of carbonyl (C=O) groups is 1. The monoisotopic (exact) mass is 224 g/mol. The number of nitrogens with zero attached hydrogens (tertiary/aromatic N) is 1. The van der Waals surface area contributed by atoms with Crippen molar-refractivity contribution >= 4 is 22.4 Å². The molecule has 0 fully saturated rings. The van der Waals surface area contributed by atoms with Gasteiger partial charge in [0.2, 0.25) is 0 Å². The third-order valence-electron chi connectivity index (χ3n) is 2.65. The average Bonchev–Trinajstić information content (AvgIpc) is 3.03. The molecule has 0 bridgehead atoms. The number of aromatic nitrogens is 1. The zero-order valence-corrected chi connectivity index (χ0v) is 8.81. The molecular weight excluding hydrogens is 216 g/mol. The van der Waals surface area contributed by atoms with Gasteiger partial charge in [0.1, 0.15) is 0 Å². The van der Waals surface area contributed by atoms with E-state index in [1.807, 2.05) is 0 Å². The Kier molecular flexibility index (Phi) is 2.01. The molecule has 1 aromatic heterocycles. The lowest BCUT2D eigenvalue weighted by atomic mass is 10.2. The Morgan fingerprint density at radius 2 is 2.06 bits per heavy atom. The van der Waals surface area contributed by atoms with Gasteiger partial charge in [0.05, 0.1) is 16.6 Å². The van der Waals surface area contributed by atoms with Gasteiger partial charge >= 0.3 is 0 Å². The van der Waals surface area contributed by atoms with E-state index in [-0.39, 0.29) is 11.3 Å². The van der Waals surface area contributed by atoms with Crippen molar-refractivity contribution < 1.29 is 4.79 Å². The number of nitrogens with one attached hydrogen (secondary N) is 1. The Bertz CT molecular complexity index is 709. The van der Waals surface area contributed by atoms with Crippen molar-refractivity contribution in [2.24, 2.45) is 0 Å². The first kappa shape index (κ1) is 9.72. The van der Waals surface area contributed by atoms with Crippen molar-refractivity contribution in [1.29, 1.82) is 0 Å². The predicted molar refractivity (Wildman–Crippen MR) is 64.8 cm³/mol. The average molecular weight is 224 g/mol. The van der Waals surface area contributed by atoms with Crippen molar-refractivity contribution in [2.45, 2.75) is 0 Å². The number of amides is 1. The van der Waals surface area contributed by atoms with Crippen LogP contribution in [-0.2, 0) is 0 Å². The van der Waals surface area contributed by atoms with Gasteiger partial charge in [0.25, 0.3) is 5.91 Å². The zero-order valence-electron chi connectivity index (χ0n) is 8.81. The Morgan fingerprint density at radius 1 is 1.18 bits per heavy atom. The Labute approximate surface area is 96.6 Å². The molecule has 82 valence electrons. The molecule has 0 radical (unpaired) electrons. The number of anilines is 1. The van der Waals surface area contributed by atoms with Crippen LogP contribution in [0.3, 0.4) is 0 Å². The van der Waals surface area contributed by atoms with Crippen molar-refractivity contribution in [1.82, 2.24) is 4.98 Å². The summed E-state index contributed by atoms with van der Waals surface area (Å²) in [4.78, 5) is 27.0. The highest BCUT2D eigenvalue weighted by Gasteiger charge is 2.17. The molecule has 0 spiro atoms. The lowest BCUT2D eigenvalue weighted by Gasteiger charge is -2.03. The molecule has 0 unspecified atom stereocenters. The fraction of sp³-hybridized carbons (Fsp3) is 0. The molecule has 0 aliphatic carbocycles. The van der Waals surface area contributed by atoms with Crippen molar-refractivity contribution in [3.05, 3.63) is 58.5 Å². The van der Waals surface area contributed by atoms with Gasteiger partial charge in [-0.1, -0.05) is 12.1 Å². The highest BCUT2D eigenvalue weighted by molar-refractivity contribution is 6.13. The highest BCUT2D eigenvalue weighted by Crippen LogP contribution is 2.24. The summed E-state index contributed by atoms with van der Waals surface area (Å²) in [5, 5.41) is 4.01. The van der Waals surface area contributed by atoms with Crippen LogP contribution in [0.25, 0.3) is 10.8 Å². The van der Waals surface area contributed by atoms with Gasteiger partial charge in [0.15, 0.2) is 5.43 Å². The van der Waals surface area contributed by atoms with Crippen LogP contribution < -0.4 is 10.7 Å². The first-order valence-electron chi connectivity index (χ1n) is 5.16. The maximum Gasteiger partial charge on any atom is 0.257 e. The number of pyridine rings is 1. The van der Waals surface area contributed by atoms with E-state index in [0.29, 0.717) is 22.0 Å². The van der Waals surface area contributed by atoms with Gasteiger partial charge in [0, 0.05) is 17.8 Å². The summed E-state index contributed by atoms with van der Waals surface area (Å²) >= 11 is 0. The van der Waals surface area contributed by atoms with E-state index in [9.17, 15) is 9.59 Å². The minimum Gasteiger partial charge on any atom is -0.321 e. The van der Waals surface area contributed by atoms with E-state index in [4.69, 9.17) is 0 Å². The second kappa shape index (κ2) is 3.52. The van der Waals surface area contributed by atoms with Gasteiger partial charge in [-0.2, -0.15) is 0 Å². The molecule has 1 N–H and O–H groups in total. The van der Waals surface area contributed by atoms with E-state index >= 15 is 0 Å². The number of hydrogen-bond donors (Lipinski definition) is 1. The van der Waals surface area contributed by atoms with Crippen molar-refractivity contribution in [3.63, 3.8) is 0 Å². The molecule has 0 saturated carbocycles. The van der Waals surface area contributed by atoms with E-state index in [2.05, 4.69) is 10.3 Å². The molecule has 2 aromatic carbocycles. The summed E-state index contributed by atoms with van der Waals surface area (Å²) in [6.07, 6.45) is 3.09. The van der Waals surface area contributed by atoms with E-state index in [1.165, 1.54) is 6.20 Å². The maximum absolute atomic E-state index is 11.8. The Hall–Kier alpha value is -2.49. The van der Waals surface area contributed by atoms with Crippen LogP contribution in [-0.4, -0.2) is 10.9 Å². The normalized spacial score (nSPS) is 10.8. The molecule has 1 heterocycles. The lowest BCUT2D eigenvalue weighted by Crippen LogP contribution is -2.11. The van der Waals surface area contributed by atoms with E-state index < -0.39 is 0 Å². The topological polar surface area (TPSA) is 59.1 Å². The molecule has 4 nitrogen and oxygen atoms in total. The molecular formula is C13H8N2O2. The predicted octanol–water partition coefficient (Wildman–Crippen LogP) is 1.72. The molecule has 0 saturated heterocycles. The van der Waals surface area contributed by atoms with Crippen LogP contribution in [0.4, 0.5) is 5.69 Å². The first-order chi connectivity index (χ1) is 8.27. The zero-order chi connectivity index (χ0) is 11.8. The largest absolute Gasteiger partial charge is 0.321 e. The van der Waals surface area contributed by atoms with Crippen molar-refractivity contribution in [2.75, 3.05) is 5.32 Å². The van der Waals surface area contributed by atoms with Crippen LogP contribution in [0, 0.1) is 0 Å². The molecule has 3 rings (SSSR count). The minimum absolute atomic E-state index is 0.0106. The third-order valence-corrected chi connectivity index (χ3v) is 2.65. The van der Waals surface area contributed by atoms with Crippen LogP contribution >= 0.6 is 0 Å². The molecule has 3 aromatic rings. The maximum atomic E-state index is 11.8. The molecule has 1 amide bonds. The molecule has 4 heteroatoms. The second-order valence-corrected chi connectivity index (χ2v) is 3.75. The Morgan fingerprint density at radius 3 is 2.82 bits per heavy atom. The SMILES string of the molecule is O=C(Nc1cccc2c(=O)c12)c1cccnc1. The third kappa shape index (κ3) is 1.59. The van der Waals surface area contributed by atoms with Gasteiger partial charge < -0.3 is 5.32 Å². The van der Waals surface area contributed by atoms with Crippen molar-refractivity contribution in [3.8, 4) is 0 Å². The van der Waals surface area contributed by atoms with Crippen LogP contribution in [0.2, 0.25) is 0 Å². The molecule has 17 heavy (non-hydrogen) atoms. The fourth-order valence-electron chi connectivity index (χ4n) is 1.73. The van der Waals surface area contributed by atoms with Gasteiger partial charge in [-0.05, 0) is 18.2 Å². The molecule has 0 aliphatic rings. The summed E-state index contributed by atoms with van der Waals surface area (Å²) in [6, 6.07) is 8.58. The summed E-state index contributed by atoms with van der Waals surface area (Å²) in [5.74, 6) is -0.258. The number of rotatable bonds is 2. The van der Waals surface area contributed by atoms with E-state index in [0.717, 1.165) is 0 Å². The van der Waals surface area contributed by atoms with Gasteiger partial charge in [-0.3, -0.25) is 14.6 Å². The Balaban J connectivity index is 1.90. The fourth-order valence-corrected chi connectivity index (χ4v) is 1.73. The highest BCUT2D eigenvalue weighted by atomic mass is 16.1. The minimum atomic E-state index is -0.258. The smallest absolute Gasteiger partial charge is 0.257 e. The van der Waals surface area contributed by atoms with Crippen LogP contribution in [0.15, 0.2) is 47.5 Å². The summed E-state index contributed by atoms with van der Waals surface area (Å²) in [7, 11) is 0. The summed E-state index contributed by atoms with van der Waals surface area (Å²) < 4.78 is 0. The van der Waals surface area contributed by atoms with Crippen LogP contribution in [0.5, 0.6) is 0 Å². The number of carbonyl (C=O) groups excluding carboxylic acids is 1. The second-order valence-electron chi connectivity index (χ2n) is 3.75. The van der Waals surface area contributed by atoms with E-state index in [1.54, 1.807) is 36.5 Å². The molecule has 0 aliphatic heterocycles. The summed E-state index contributed by atoms with van der Waals surface area (Å²) in [6.45, 7) is 0. The van der Waals surface area contributed by atoms with Gasteiger partial charge in [-0.25, -0.2) is 0 Å². The number of hydrogen-bond acceptors (Lipinski definition) is 3.